The molecule has 0 fully saturated rings. The number of hydrogen-bond donors (Lipinski definition) is 2. The fourth-order valence-electron chi connectivity index (χ4n) is 1.88. The van der Waals surface area contributed by atoms with E-state index in [0.717, 1.165) is 17.8 Å². The topological polar surface area (TPSA) is 62.2 Å². The first-order chi connectivity index (χ1) is 10.1. The summed E-state index contributed by atoms with van der Waals surface area (Å²) < 4.78 is 0. The molecule has 6 heteroatoms. The first-order valence-electron chi connectivity index (χ1n) is 6.77. The molecule has 0 spiro atoms. The van der Waals surface area contributed by atoms with E-state index >= 15 is 0 Å². The van der Waals surface area contributed by atoms with Gasteiger partial charge in [0.15, 0.2) is 0 Å². The van der Waals surface area contributed by atoms with E-state index < -0.39 is 6.10 Å². The molecular weight excluding hydrogens is 308 g/mol. The van der Waals surface area contributed by atoms with Crippen LogP contribution < -0.4 is 5.32 Å². The number of carbonyl (C=O) groups excluding carboxylic acids is 1. The average Bonchev–Trinajstić information content (AvgIpc) is 2.94. The van der Waals surface area contributed by atoms with Crippen molar-refractivity contribution in [1.29, 1.82) is 0 Å². The first-order valence-corrected chi connectivity index (χ1v) is 7.96. The van der Waals surface area contributed by atoms with Crippen molar-refractivity contribution in [1.82, 2.24) is 10.3 Å². The summed E-state index contributed by atoms with van der Waals surface area (Å²) in [6, 6.07) is 7.05. The van der Waals surface area contributed by atoms with E-state index in [1.54, 1.807) is 30.5 Å². The molecule has 0 aliphatic carbocycles. The van der Waals surface area contributed by atoms with Gasteiger partial charge >= 0.3 is 0 Å². The Kier molecular flexibility index (Phi) is 5.73. The lowest BCUT2D eigenvalue weighted by Gasteiger charge is -2.13. The number of aryl methyl sites for hydroxylation is 1. The van der Waals surface area contributed by atoms with Gasteiger partial charge in [0.25, 0.3) is 5.91 Å². The van der Waals surface area contributed by atoms with E-state index in [2.05, 4.69) is 17.2 Å². The number of hydrogen-bond acceptors (Lipinski definition) is 4. The Balaban J connectivity index is 1.92. The molecule has 1 amide bonds. The van der Waals surface area contributed by atoms with Gasteiger partial charge in [-0.2, -0.15) is 0 Å². The van der Waals surface area contributed by atoms with Gasteiger partial charge in [-0.15, -0.1) is 11.3 Å². The van der Waals surface area contributed by atoms with Crippen molar-refractivity contribution < 1.29 is 9.90 Å². The summed E-state index contributed by atoms with van der Waals surface area (Å²) in [5.74, 6) is -0.221. The molecule has 0 saturated heterocycles. The molecular formula is C15H17ClN2O2S. The van der Waals surface area contributed by atoms with Gasteiger partial charge in [0.1, 0.15) is 4.88 Å². The van der Waals surface area contributed by atoms with E-state index in [1.807, 2.05) is 0 Å². The minimum absolute atomic E-state index is 0.115. The Bertz CT molecular complexity index is 615. The maximum atomic E-state index is 12.0. The normalized spacial score (nSPS) is 12.1. The van der Waals surface area contributed by atoms with Crippen LogP contribution in [0.25, 0.3) is 0 Å². The monoisotopic (exact) mass is 324 g/mol. The molecule has 1 heterocycles. The van der Waals surface area contributed by atoms with Crippen LogP contribution in [0, 0.1) is 0 Å². The highest BCUT2D eigenvalue weighted by atomic mass is 35.5. The number of halogens is 1. The summed E-state index contributed by atoms with van der Waals surface area (Å²) in [6.45, 7) is 2.19. The van der Waals surface area contributed by atoms with Crippen LogP contribution in [0.2, 0.25) is 5.02 Å². The molecule has 0 saturated carbocycles. The van der Waals surface area contributed by atoms with Crippen LogP contribution in [0.1, 0.15) is 39.7 Å². The second-order valence-electron chi connectivity index (χ2n) is 4.62. The van der Waals surface area contributed by atoms with Crippen LogP contribution in [0.5, 0.6) is 0 Å². The standard InChI is InChI=1S/C15H17ClN2O2S/c1-2-5-14-17-9-13(21-14)15(20)18-8-12(19)10-6-3-4-7-11(10)16/h3-4,6-7,9,12,19H,2,5,8H2,1H3,(H,18,20). The number of amides is 1. The molecule has 0 aliphatic rings. The Morgan fingerprint density at radius 2 is 2.24 bits per heavy atom. The minimum atomic E-state index is -0.828. The van der Waals surface area contributed by atoms with E-state index in [1.165, 1.54) is 11.3 Å². The van der Waals surface area contributed by atoms with Gasteiger partial charge < -0.3 is 10.4 Å². The molecule has 4 nitrogen and oxygen atoms in total. The zero-order valence-corrected chi connectivity index (χ0v) is 13.2. The zero-order chi connectivity index (χ0) is 15.2. The molecule has 0 aliphatic heterocycles. The van der Waals surface area contributed by atoms with E-state index in [0.29, 0.717) is 15.5 Å². The van der Waals surface area contributed by atoms with Crippen LogP contribution >= 0.6 is 22.9 Å². The molecule has 1 aromatic carbocycles. The highest BCUT2D eigenvalue weighted by Crippen LogP contribution is 2.22. The van der Waals surface area contributed by atoms with Crippen molar-refractivity contribution in [2.45, 2.75) is 25.9 Å². The van der Waals surface area contributed by atoms with E-state index in [9.17, 15) is 9.90 Å². The van der Waals surface area contributed by atoms with Crippen LogP contribution in [-0.2, 0) is 6.42 Å². The van der Waals surface area contributed by atoms with Gasteiger partial charge in [-0.3, -0.25) is 4.79 Å². The number of thiazole rings is 1. The number of benzene rings is 1. The molecule has 112 valence electrons. The van der Waals surface area contributed by atoms with Gasteiger partial charge in [-0.1, -0.05) is 36.7 Å². The molecule has 21 heavy (non-hydrogen) atoms. The lowest BCUT2D eigenvalue weighted by molar-refractivity contribution is 0.0920. The van der Waals surface area contributed by atoms with Crippen molar-refractivity contribution in [3.63, 3.8) is 0 Å². The van der Waals surface area contributed by atoms with Crippen LogP contribution in [0.15, 0.2) is 30.5 Å². The van der Waals surface area contributed by atoms with Gasteiger partial charge in [-0.25, -0.2) is 4.98 Å². The largest absolute Gasteiger partial charge is 0.387 e. The third-order valence-electron chi connectivity index (χ3n) is 2.96. The summed E-state index contributed by atoms with van der Waals surface area (Å²) in [4.78, 5) is 16.8. The maximum absolute atomic E-state index is 12.0. The third kappa shape index (κ3) is 4.27. The Morgan fingerprint density at radius 3 is 2.95 bits per heavy atom. The van der Waals surface area contributed by atoms with Crippen molar-refractivity contribution in [2.24, 2.45) is 0 Å². The number of rotatable bonds is 6. The van der Waals surface area contributed by atoms with E-state index in [-0.39, 0.29) is 12.5 Å². The molecule has 2 rings (SSSR count). The van der Waals surface area contributed by atoms with Crippen LogP contribution in [0.4, 0.5) is 0 Å². The summed E-state index contributed by atoms with van der Waals surface area (Å²) in [6.07, 6.45) is 2.62. The van der Waals surface area contributed by atoms with Crippen molar-refractivity contribution in [3.05, 3.63) is 50.9 Å². The lowest BCUT2D eigenvalue weighted by atomic mass is 10.1. The SMILES string of the molecule is CCCc1ncc(C(=O)NCC(O)c2ccccc2Cl)s1. The molecule has 1 unspecified atom stereocenters. The molecule has 1 atom stereocenters. The summed E-state index contributed by atoms with van der Waals surface area (Å²) in [5.41, 5.74) is 0.607. The fraction of sp³-hybridized carbons (Fsp3) is 0.333. The van der Waals surface area contributed by atoms with Crippen molar-refractivity contribution in [2.75, 3.05) is 6.54 Å². The first kappa shape index (κ1) is 15.9. The van der Waals surface area contributed by atoms with E-state index in [4.69, 9.17) is 11.6 Å². The molecule has 2 aromatic rings. The van der Waals surface area contributed by atoms with Crippen LogP contribution in [-0.4, -0.2) is 22.5 Å². The number of nitrogens with zero attached hydrogens (tertiary/aromatic N) is 1. The summed E-state index contributed by atoms with van der Waals surface area (Å²) >= 11 is 7.39. The second kappa shape index (κ2) is 7.54. The average molecular weight is 325 g/mol. The van der Waals surface area contributed by atoms with Crippen molar-refractivity contribution >= 4 is 28.8 Å². The van der Waals surface area contributed by atoms with Crippen molar-refractivity contribution in [3.8, 4) is 0 Å². The number of aliphatic hydroxyl groups is 1. The number of aliphatic hydroxyl groups excluding tert-OH is 1. The summed E-state index contributed by atoms with van der Waals surface area (Å²) in [7, 11) is 0. The number of carbonyl (C=O) groups is 1. The summed E-state index contributed by atoms with van der Waals surface area (Å²) in [5, 5.41) is 14.2. The Morgan fingerprint density at radius 1 is 1.48 bits per heavy atom. The van der Waals surface area contributed by atoms with Crippen LogP contribution in [0.3, 0.4) is 0 Å². The van der Waals surface area contributed by atoms with Gasteiger partial charge in [0, 0.05) is 17.1 Å². The Labute approximate surface area is 132 Å². The van der Waals surface area contributed by atoms with Gasteiger partial charge in [-0.05, 0) is 18.9 Å². The quantitative estimate of drug-likeness (QED) is 0.857. The van der Waals surface area contributed by atoms with Gasteiger partial charge in [0.2, 0.25) is 0 Å². The minimum Gasteiger partial charge on any atom is -0.387 e. The number of aromatic nitrogens is 1. The highest BCUT2D eigenvalue weighted by Gasteiger charge is 2.14. The highest BCUT2D eigenvalue weighted by molar-refractivity contribution is 7.13. The smallest absolute Gasteiger partial charge is 0.263 e. The molecule has 2 N–H and O–H groups in total. The maximum Gasteiger partial charge on any atom is 0.263 e. The fourth-order valence-corrected chi connectivity index (χ4v) is 3.07. The lowest BCUT2D eigenvalue weighted by Crippen LogP contribution is -2.27. The number of nitrogens with one attached hydrogen (secondary N) is 1. The molecule has 0 bridgehead atoms. The molecule has 0 radical (unpaired) electrons. The zero-order valence-electron chi connectivity index (χ0n) is 11.7. The second-order valence-corrected chi connectivity index (χ2v) is 6.14. The third-order valence-corrected chi connectivity index (χ3v) is 4.36. The Hall–Kier alpha value is -1.43. The predicted octanol–water partition coefficient (Wildman–Crippen LogP) is 3.21. The predicted molar refractivity (Wildman–Crippen MR) is 84.9 cm³/mol. The molecule has 1 aromatic heterocycles. The van der Waals surface area contributed by atoms with Gasteiger partial charge in [0.05, 0.1) is 17.3 Å².